The van der Waals surface area contributed by atoms with Gasteiger partial charge in [-0.05, 0) is 24.7 Å². The van der Waals surface area contributed by atoms with Crippen molar-refractivity contribution >= 4 is 34.6 Å². The molecule has 2 N–H and O–H groups in total. The van der Waals surface area contributed by atoms with Crippen LogP contribution < -0.4 is 10.6 Å². The van der Waals surface area contributed by atoms with Gasteiger partial charge in [-0.1, -0.05) is 25.8 Å². The van der Waals surface area contributed by atoms with Gasteiger partial charge in [0.1, 0.15) is 0 Å². The van der Waals surface area contributed by atoms with Crippen LogP contribution in [0.15, 0.2) is 24.3 Å². The molecule has 0 aliphatic carbocycles. The summed E-state index contributed by atoms with van der Waals surface area (Å²) in [5.74, 6) is -0.151. The van der Waals surface area contributed by atoms with Crippen LogP contribution in [0.1, 0.15) is 32.6 Å². The largest absolute Gasteiger partial charge is 0.332 e. The van der Waals surface area contributed by atoms with Crippen molar-refractivity contribution < 1.29 is 9.72 Å². The van der Waals surface area contributed by atoms with E-state index in [-0.39, 0.29) is 16.7 Å². The van der Waals surface area contributed by atoms with Gasteiger partial charge in [0, 0.05) is 24.2 Å². The molecule has 1 amide bonds. The Morgan fingerprint density at radius 1 is 1.40 bits per heavy atom. The van der Waals surface area contributed by atoms with Crippen LogP contribution in [0.2, 0.25) is 0 Å². The Labute approximate surface area is 122 Å². The highest BCUT2D eigenvalue weighted by Crippen LogP contribution is 2.16. The molecule has 0 saturated carbocycles. The molecule has 0 heterocycles. The first-order valence-corrected chi connectivity index (χ1v) is 6.79. The summed E-state index contributed by atoms with van der Waals surface area (Å²) in [7, 11) is 0. The van der Waals surface area contributed by atoms with Crippen LogP contribution in [0.3, 0.4) is 0 Å². The molecule has 0 unspecified atom stereocenters. The first-order chi connectivity index (χ1) is 9.52. The molecule has 0 aromatic heterocycles. The minimum Gasteiger partial charge on any atom is -0.332 e. The van der Waals surface area contributed by atoms with E-state index in [1.165, 1.54) is 12.1 Å². The van der Waals surface area contributed by atoms with E-state index in [9.17, 15) is 14.9 Å². The Kier molecular flexibility index (Phi) is 6.58. The maximum atomic E-state index is 11.5. The number of rotatable bonds is 6. The zero-order valence-corrected chi connectivity index (χ0v) is 12.0. The summed E-state index contributed by atoms with van der Waals surface area (Å²) < 4.78 is 0. The summed E-state index contributed by atoms with van der Waals surface area (Å²) in [4.78, 5) is 21.7. The van der Waals surface area contributed by atoms with E-state index in [0.29, 0.717) is 12.1 Å². The van der Waals surface area contributed by atoms with Gasteiger partial charge < -0.3 is 10.6 Å². The summed E-state index contributed by atoms with van der Waals surface area (Å²) in [5, 5.41) is 16.1. The second kappa shape index (κ2) is 8.21. The fourth-order valence-electron chi connectivity index (χ4n) is 1.58. The molecule has 0 saturated heterocycles. The summed E-state index contributed by atoms with van der Waals surface area (Å²) in [6.07, 6.45) is 3.29. The van der Waals surface area contributed by atoms with Crippen LogP contribution in [-0.2, 0) is 4.79 Å². The lowest BCUT2D eigenvalue weighted by Gasteiger charge is -2.09. The van der Waals surface area contributed by atoms with Crippen molar-refractivity contribution in [1.82, 2.24) is 5.32 Å². The van der Waals surface area contributed by atoms with Crippen LogP contribution in [0.25, 0.3) is 0 Å². The average Bonchev–Trinajstić information content (AvgIpc) is 2.39. The highest BCUT2D eigenvalue weighted by molar-refractivity contribution is 7.80. The Morgan fingerprint density at radius 2 is 2.15 bits per heavy atom. The molecule has 0 spiro atoms. The maximum absolute atomic E-state index is 11.5. The molecule has 20 heavy (non-hydrogen) atoms. The van der Waals surface area contributed by atoms with E-state index in [1.807, 2.05) is 0 Å². The van der Waals surface area contributed by atoms with Crippen molar-refractivity contribution in [2.45, 2.75) is 32.6 Å². The van der Waals surface area contributed by atoms with Gasteiger partial charge in [-0.3, -0.25) is 14.9 Å². The van der Waals surface area contributed by atoms with Gasteiger partial charge in [0.2, 0.25) is 5.91 Å². The second-order valence-corrected chi connectivity index (χ2v) is 4.68. The van der Waals surface area contributed by atoms with Gasteiger partial charge in [-0.25, -0.2) is 0 Å². The van der Waals surface area contributed by atoms with Gasteiger partial charge >= 0.3 is 0 Å². The lowest BCUT2D eigenvalue weighted by Crippen LogP contribution is -2.33. The van der Waals surface area contributed by atoms with Crippen LogP contribution in [0.4, 0.5) is 11.4 Å². The Morgan fingerprint density at radius 3 is 2.80 bits per heavy atom. The van der Waals surface area contributed by atoms with Crippen molar-refractivity contribution in [3.8, 4) is 0 Å². The highest BCUT2D eigenvalue weighted by atomic mass is 32.1. The first-order valence-electron chi connectivity index (χ1n) is 6.38. The molecule has 108 valence electrons. The summed E-state index contributed by atoms with van der Waals surface area (Å²) in [6, 6.07) is 5.93. The van der Waals surface area contributed by atoms with Crippen LogP contribution >= 0.6 is 12.2 Å². The first kappa shape index (κ1) is 16.0. The molecule has 0 aliphatic heterocycles. The zero-order chi connectivity index (χ0) is 15.0. The number of anilines is 1. The van der Waals surface area contributed by atoms with Crippen molar-refractivity contribution in [2.75, 3.05) is 5.32 Å². The van der Waals surface area contributed by atoms with E-state index in [0.717, 1.165) is 19.3 Å². The predicted octanol–water partition coefficient (Wildman–Crippen LogP) is 2.99. The molecule has 0 radical (unpaired) electrons. The van der Waals surface area contributed by atoms with Crippen molar-refractivity contribution in [2.24, 2.45) is 0 Å². The van der Waals surface area contributed by atoms with Gasteiger partial charge in [-0.15, -0.1) is 0 Å². The average molecular weight is 295 g/mol. The minimum absolute atomic E-state index is 0.0351. The number of thiocarbonyl (C=S) groups is 1. The van der Waals surface area contributed by atoms with Crippen molar-refractivity contribution in [1.29, 1.82) is 0 Å². The van der Waals surface area contributed by atoms with Gasteiger partial charge in [0.05, 0.1) is 4.92 Å². The van der Waals surface area contributed by atoms with E-state index in [4.69, 9.17) is 12.2 Å². The van der Waals surface area contributed by atoms with Crippen molar-refractivity contribution in [3.05, 3.63) is 34.4 Å². The lowest BCUT2D eigenvalue weighted by atomic mass is 10.2. The maximum Gasteiger partial charge on any atom is 0.271 e. The summed E-state index contributed by atoms with van der Waals surface area (Å²) in [5.41, 5.74) is 0.435. The molecule has 0 fully saturated rings. The molecular formula is C13H17N3O3S. The number of nitro benzene ring substituents is 1. The fraction of sp³-hybridized carbons (Fsp3) is 0.385. The van der Waals surface area contributed by atoms with Crippen LogP contribution in [0, 0.1) is 10.1 Å². The number of hydrogen-bond acceptors (Lipinski definition) is 4. The summed E-state index contributed by atoms with van der Waals surface area (Å²) >= 11 is 4.99. The molecular weight excluding hydrogens is 278 g/mol. The molecule has 1 aromatic carbocycles. The number of nitro groups is 1. The van der Waals surface area contributed by atoms with Crippen molar-refractivity contribution in [3.63, 3.8) is 0 Å². The number of hydrogen-bond donors (Lipinski definition) is 2. The quantitative estimate of drug-likeness (QED) is 0.365. The zero-order valence-electron chi connectivity index (χ0n) is 11.2. The Bertz CT molecular complexity index is 505. The predicted molar refractivity (Wildman–Crippen MR) is 81.6 cm³/mol. The summed E-state index contributed by atoms with van der Waals surface area (Å²) in [6.45, 7) is 2.06. The van der Waals surface area contributed by atoms with Crippen LogP contribution in [-0.4, -0.2) is 15.9 Å². The van der Waals surface area contributed by atoms with Gasteiger partial charge in [0.25, 0.3) is 5.69 Å². The molecule has 1 rings (SSSR count). The fourth-order valence-corrected chi connectivity index (χ4v) is 1.82. The van der Waals surface area contributed by atoms with Gasteiger partial charge in [0.15, 0.2) is 5.11 Å². The minimum atomic E-state index is -0.489. The molecule has 6 nitrogen and oxygen atoms in total. The van der Waals surface area contributed by atoms with E-state index < -0.39 is 4.92 Å². The molecule has 0 atom stereocenters. The highest BCUT2D eigenvalue weighted by Gasteiger charge is 2.08. The normalized spacial score (nSPS) is 9.85. The van der Waals surface area contributed by atoms with E-state index >= 15 is 0 Å². The van der Waals surface area contributed by atoms with E-state index in [1.54, 1.807) is 12.1 Å². The van der Waals surface area contributed by atoms with Crippen LogP contribution in [0.5, 0.6) is 0 Å². The number of amides is 1. The molecule has 0 aliphatic rings. The Hall–Kier alpha value is -2.02. The third-order valence-electron chi connectivity index (χ3n) is 2.58. The Balaban J connectivity index is 2.48. The number of non-ortho nitro benzene ring substituents is 1. The lowest BCUT2D eigenvalue weighted by molar-refractivity contribution is -0.384. The molecule has 1 aromatic rings. The SMILES string of the molecule is CCCCCC(=O)NC(=S)Nc1cccc([N+](=O)[O-])c1. The van der Waals surface area contributed by atoms with Gasteiger partial charge in [-0.2, -0.15) is 0 Å². The molecule has 0 bridgehead atoms. The number of nitrogens with one attached hydrogen (secondary N) is 2. The standard InChI is InChI=1S/C13H17N3O3S/c1-2-3-4-8-12(17)15-13(20)14-10-6-5-7-11(9-10)16(18)19/h5-7,9H,2-4,8H2,1H3,(H2,14,15,17,20). The van der Waals surface area contributed by atoms with E-state index in [2.05, 4.69) is 17.6 Å². The smallest absolute Gasteiger partial charge is 0.271 e. The monoisotopic (exact) mass is 295 g/mol. The number of benzene rings is 1. The number of nitrogens with zero attached hydrogens (tertiary/aromatic N) is 1. The number of carbonyl (C=O) groups excluding carboxylic acids is 1. The topological polar surface area (TPSA) is 84.3 Å². The third kappa shape index (κ3) is 5.75. The third-order valence-corrected chi connectivity index (χ3v) is 2.78. The number of carbonyl (C=O) groups is 1. The molecule has 7 heteroatoms. The number of unbranched alkanes of at least 4 members (excludes halogenated alkanes) is 2. The second-order valence-electron chi connectivity index (χ2n) is 4.27.